The quantitative estimate of drug-likeness (QED) is 0.693. The summed E-state index contributed by atoms with van der Waals surface area (Å²) in [6, 6.07) is 10.5. The van der Waals surface area contributed by atoms with Gasteiger partial charge in [-0.3, -0.25) is 9.59 Å². The van der Waals surface area contributed by atoms with E-state index in [1.165, 1.54) is 0 Å². The maximum absolute atomic E-state index is 13.4. The van der Waals surface area contributed by atoms with Crippen LogP contribution in [0, 0.1) is 23.7 Å². The van der Waals surface area contributed by atoms with Crippen LogP contribution in [0.5, 0.6) is 5.88 Å². The number of carbonyl (C=O) groups is 2. The molecular formula is C27H31N3O4. The number of rotatable bonds is 5. The summed E-state index contributed by atoms with van der Waals surface area (Å²) in [5.41, 5.74) is 1.60. The average Bonchev–Trinajstić information content (AvgIpc) is 3.69. The number of nitrogens with zero attached hydrogens (tertiary/aromatic N) is 3. The standard InChI is InChI=1S/C27H31N3O4/c1-18-15-30(19(2)17-31)27(33)23-13-21(12-11-20-9-10-20)14-28-25(23)34-24(18)16-29(3)26(32)22-7-5-4-6-8-22/h4-8,13-14,18-20,24,31H,9-10,15-17H2,1-3H3/t18-,19+,24+/m1/s1. The molecule has 2 aliphatic rings. The van der Waals surface area contributed by atoms with Gasteiger partial charge in [-0.2, -0.15) is 0 Å². The molecule has 0 unspecified atom stereocenters. The number of aliphatic hydroxyl groups excluding tert-OH is 1. The molecule has 7 heteroatoms. The summed E-state index contributed by atoms with van der Waals surface area (Å²) in [6.45, 7) is 4.36. The molecule has 178 valence electrons. The van der Waals surface area contributed by atoms with Gasteiger partial charge in [0.25, 0.3) is 11.8 Å². The minimum atomic E-state index is -0.395. The fraction of sp³-hybridized carbons (Fsp3) is 0.444. The number of hydrogen-bond donors (Lipinski definition) is 1. The summed E-state index contributed by atoms with van der Waals surface area (Å²) < 4.78 is 6.27. The number of aromatic nitrogens is 1. The topological polar surface area (TPSA) is 83.0 Å². The Hall–Kier alpha value is -3.37. The number of aliphatic hydroxyl groups is 1. The van der Waals surface area contributed by atoms with Crippen molar-refractivity contribution in [2.45, 2.75) is 38.8 Å². The van der Waals surface area contributed by atoms with E-state index >= 15 is 0 Å². The molecule has 0 spiro atoms. The minimum absolute atomic E-state index is 0.103. The van der Waals surface area contributed by atoms with Crippen LogP contribution in [0.3, 0.4) is 0 Å². The van der Waals surface area contributed by atoms with Crippen molar-refractivity contribution in [2.75, 3.05) is 26.7 Å². The van der Waals surface area contributed by atoms with Crippen molar-refractivity contribution in [3.05, 3.63) is 59.3 Å². The monoisotopic (exact) mass is 461 g/mol. The normalized spacial score (nSPS) is 20.7. The summed E-state index contributed by atoms with van der Waals surface area (Å²) in [6.07, 6.45) is 3.46. The lowest BCUT2D eigenvalue weighted by atomic mass is 9.99. The van der Waals surface area contributed by atoms with Crippen LogP contribution in [0.15, 0.2) is 42.6 Å². The molecular weight excluding hydrogens is 430 g/mol. The number of likely N-dealkylation sites (N-methyl/N-ethyl adjacent to an activating group) is 1. The van der Waals surface area contributed by atoms with Crippen LogP contribution < -0.4 is 4.74 Å². The van der Waals surface area contributed by atoms with E-state index in [-0.39, 0.29) is 36.3 Å². The van der Waals surface area contributed by atoms with Gasteiger partial charge in [-0.25, -0.2) is 4.98 Å². The minimum Gasteiger partial charge on any atom is -0.472 e. The Bertz CT molecular complexity index is 1100. The maximum atomic E-state index is 13.4. The van der Waals surface area contributed by atoms with Gasteiger partial charge < -0.3 is 19.6 Å². The molecule has 0 saturated heterocycles. The second kappa shape index (κ2) is 10.3. The third-order valence-electron chi connectivity index (χ3n) is 6.34. The molecule has 1 aliphatic carbocycles. The largest absolute Gasteiger partial charge is 0.472 e. The Labute approximate surface area is 200 Å². The van der Waals surface area contributed by atoms with E-state index < -0.39 is 6.10 Å². The lowest BCUT2D eigenvalue weighted by Crippen LogP contribution is -2.50. The first-order valence-electron chi connectivity index (χ1n) is 11.8. The second-order valence-electron chi connectivity index (χ2n) is 9.29. The van der Waals surface area contributed by atoms with E-state index in [2.05, 4.69) is 16.8 Å². The van der Waals surface area contributed by atoms with Crippen molar-refractivity contribution in [3.63, 3.8) is 0 Å². The molecule has 7 nitrogen and oxygen atoms in total. The molecule has 1 aliphatic heterocycles. The number of fused-ring (bicyclic) bond motifs is 1. The molecule has 2 heterocycles. The number of pyridine rings is 1. The van der Waals surface area contributed by atoms with Gasteiger partial charge in [0.2, 0.25) is 5.88 Å². The summed E-state index contributed by atoms with van der Waals surface area (Å²) in [7, 11) is 1.74. The smallest absolute Gasteiger partial charge is 0.259 e. The highest BCUT2D eigenvalue weighted by Crippen LogP contribution is 2.29. The van der Waals surface area contributed by atoms with Gasteiger partial charge in [0.15, 0.2) is 0 Å². The van der Waals surface area contributed by atoms with E-state index in [0.717, 1.165) is 12.8 Å². The Morgan fingerprint density at radius 1 is 1.32 bits per heavy atom. The lowest BCUT2D eigenvalue weighted by Gasteiger charge is -2.37. The number of amides is 2. The van der Waals surface area contributed by atoms with Crippen molar-refractivity contribution in [2.24, 2.45) is 11.8 Å². The zero-order valence-corrected chi connectivity index (χ0v) is 19.9. The zero-order valence-electron chi connectivity index (χ0n) is 19.9. The van der Waals surface area contributed by atoms with Gasteiger partial charge in [0, 0.05) is 42.8 Å². The van der Waals surface area contributed by atoms with Crippen LogP contribution in [-0.2, 0) is 0 Å². The molecule has 1 N–H and O–H groups in total. The van der Waals surface area contributed by atoms with E-state index in [9.17, 15) is 14.7 Å². The fourth-order valence-electron chi connectivity index (χ4n) is 3.96. The summed E-state index contributed by atoms with van der Waals surface area (Å²) in [4.78, 5) is 34.1. The van der Waals surface area contributed by atoms with Crippen molar-refractivity contribution >= 4 is 11.8 Å². The molecule has 0 radical (unpaired) electrons. The van der Waals surface area contributed by atoms with Crippen LogP contribution in [0.4, 0.5) is 0 Å². The fourth-order valence-corrected chi connectivity index (χ4v) is 3.96. The van der Waals surface area contributed by atoms with Crippen LogP contribution in [-0.4, -0.2) is 70.6 Å². The third kappa shape index (κ3) is 5.40. The van der Waals surface area contributed by atoms with Crippen molar-refractivity contribution in [1.82, 2.24) is 14.8 Å². The summed E-state index contributed by atoms with van der Waals surface area (Å²) in [5.74, 6) is 6.53. The molecule has 1 aromatic carbocycles. The van der Waals surface area contributed by atoms with Crippen LogP contribution in [0.2, 0.25) is 0 Å². The molecule has 1 saturated carbocycles. The molecule has 34 heavy (non-hydrogen) atoms. The first-order chi connectivity index (χ1) is 16.4. The molecule has 1 aromatic heterocycles. The summed E-state index contributed by atoms with van der Waals surface area (Å²) in [5, 5.41) is 9.80. The van der Waals surface area contributed by atoms with E-state index in [1.807, 2.05) is 32.0 Å². The zero-order chi connectivity index (χ0) is 24.2. The second-order valence-corrected chi connectivity index (χ2v) is 9.29. The van der Waals surface area contributed by atoms with Crippen LogP contribution >= 0.6 is 0 Å². The Morgan fingerprint density at radius 3 is 2.74 bits per heavy atom. The number of hydrogen-bond acceptors (Lipinski definition) is 5. The van der Waals surface area contributed by atoms with E-state index in [4.69, 9.17) is 4.74 Å². The first-order valence-corrected chi connectivity index (χ1v) is 11.8. The van der Waals surface area contributed by atoms with Gasteiger partial charge in [0.05, 0.1) is 19.2 Å². The molecule has 4 rings (SSSR count). The Balaban J connectivity index is 1.63. The molecule has 1 fully saturated rings. The van der Waals surface area contributed by atoms with Crippen LogP contribution in [0.25, 0.3) is 0 Å². The molecule has 3 atom stereocenters. The molecule has 2 amide bonds. The highest BCUT2D eigenvalue weighted by atomic mass is 16.5. The lowest BCUT2D eigenvalue weighted by molar-refractivity contribution is 0.0313. The van der Waals surface area contributed by atoms with E-state index in [1.54, 1.807) is 41.2 Å². The highest BCUT2D eigenvalue weighted by Gasteiger charge is 2.34. The summed E-state index contributed by atoms with van der Waals surface area (Å²) >= 11 is 0. The third-order valence-corrected chi connectivity index (χ3v) is 6.34. The van der Waals surface area contributed by atoms with Gasteiger partial charge in [-0.05, 0) is 38.0 Å². The number of benzene rings is 1. The van der Waals surface area contributed by atoms with Gasteiger partial charge >= 0.3 is 0 Å². The number of carbonyl (C=O) groups excluding carboxylic acids is 2. The average molecular weight is 462 g/mol. The number of ether oxygens (including phenoxy) is 1. The van der Waals surface area contributed by atoms with Gasteiger partial charge in [-0.1, -0.05) is 37.0 Å². The Kier molecular flexibility index (Phi) is 7.18. The predicted molar refractivity (Wildman–Crippen MR) is 128 cm³/mol. The van der Waals surface area contributed by atoms with Crippen molar-refractivity contribution < 1.29 is 19.4 Å². The van der Waals surface area contributed by atoms with Crippen molar-refractivity contribution in [1.29, 1.82) is 0 Å². The first kappa shape index (κ1) is 23.8. The van der Waals surface area contributed by atoms with Gasteiger partial charge in [0.1, 0.15) is 11.7 Å². The SMILES string of the molecule is C[C@@H]1CN([C@@H](C)CO)C(=O)c2cc(C#CC3CC3)cnc2O[C@H]1CN(C)C(=O)c1ccccc1. The maximum Gasteiger partial charge on any atom is 0.259 e. The molecule has 0 bridgehead atoms. The highest BCUT2D eigenvalue weighted by molar-refractivity contribution is 5.97. The van der Waals surface area contributed by atoms with Crippen LogP contribution in [0.1, 0.15) is 53.0 Å². The Morgan fingerprint density at radius 2 is 2.06 bits per heavy atom. The van der Waals surface area contributed by atoms with Crippen molar-refractivity contribution in [3.8, 4) is 17.7 Å². The van der Waals surface area contributed by atoms with Gasteiger partial charge in [-0.15, -0.1) is 0 Å². The molecule has 2 aromatic rings. The van der Waals surface area contributed by atoms with E-state index in [0.29, 0.717) is 35.7 Å². The predicted octanol–water partition coefficient (Wildman–Crippen LogP) is 2.84.